The topological polar surface area (TPSA) is 51.1 Å². The summed E-state index contributed by atoms with van der Waals surface area (Å²) >= 11 is 5.84. The first-order valence-corrected chi connectivity index (χ1v) is 6.23. The van der Waals surface area contributed by atoms with E-state index in [0.717, 1.165) is 12.8 Å². The van der Waals surface area contributed by atoms with Crippen molar-refractivity contribution in [2.75, 3.05) is 18.6 Å². The third-order valence-electron chi connectivity index (χ3n) is 2.53. The lowest BCUT2D eigenvalue weighted by Gasteiger charge is -2.24. The average Bonchev–Trinajstić information content (AvgIpc) is 2.28. The van der Waals surface area contributed by atoms with Crippen LogP contribution in [-0.2, 0) is 0 Å². The third-order valence-corrected chi connectivity index (χ3v) is 2.70. The Kier molecular flexibility index (Phi) is 5.41. The zero-order valence-electron chi connectivity index (χ0n) is 10.8. The van der Waals surface area contributed by atoms with E-state index in [1.54, 1.807) is 0 Å². The molecule has 1 unspecified atom stereocenters. The zero-order valence-corrected chi connectivity index (χ0v) is 11.5. The molecule has 0 saturated heterocycles. The molecule has 1 aromatic rings. The molecule has 5 nitrogen and oxygen atoms in total. The second-order valence-electron chi connectivity index (χ2n) is 3.87. The highest BCUT2D eigenvalue weighted by Gasteiger charge is 2.14. The van der Waals surface area contributed by atoms with Crippen molar-refractivity contribution < 1.29 is 4.74 Å². The molecule has 96 valence electrons. The van der Waals surface area contributed by atoms with E-state index in [1.165, 1.54) is 0 Å². The van der Waals surface area contributed by atoms with Crippen LogP contribution in [0, 0.1) is 0 Å². The summed E-state index contributed by atoms with van der Waals surface area (Å²) in [5.41, 5.74) is 0. The predicted octanol–water partition coefficient (Wildman–Crippen LogP) is 2.55. The third kappa shape index (κ3) is 4.00. The number of hydrogen-bond acceptors (Lipinski definition) is 5. The maximum Gasteiger partial charge on any atom is 0.322 e. The van der Waals surface area contributed by atoms with Gasteiger partial charge in [-0.2, -0.15) is 15.0 Å². The normalized spacial score (nSPS) is 12.3. The summed E-state index contributed by atoms with van der Waals surface area (Å²) in [6.45, 7) is 6.66. The van der Waals surface area contributed by atoms with Crippen LogP contribution in [0.25, 0.3) is 0 Å². The first-order valence-electron chi connectivity index (χ1n) is 5.85. The summed E-state index contributed by atoms with van der Waals surface area (Å²) in [4.78, 5) is 14.2. The lowest BCUT2D eigenvalue weighted by atomic mass is 10.2. The van der Waals surface area contributed by atoms with Crippen molar-refractivity contribution in [1.29, 1.82) is 0 Å². The molecular formula is C11H19ClN4O. The Morgan fingerprint density at radius 1 is 1.29 bits per heavy atom. The average molecular weight is 259 g/mol. The van der Waals surface area contributed by atoms with Gasteiger partial charge in [0.25, 0.3) is 0 Å². The second-order valence-corrected chi connectivity index (χ2v) is 4.21. The molecule has 6 heteroatoms. The van der Waals surface area contributed by atoms with Crippen LogP contribution < -0.4 is 9.64 Å². The van der Waals surface area contributed by atoms with Crippen molar-refractivity contribution in [3.63, 3.8) is 0 Å². The molecule has 0 fully saturated rings. The molecule has 0 radical (unpaired) electrons. The zero-order chi connectivity index (χ0) is 12.8. The molecule has 0 aliphatic carbocycles. The minimum atomic E-state index is 0.161. The Morgan fingerprint density at radius 3 is 2.59 bits per heavy atom. The summed E-state index contributed by atoms with van der Waals surface area (Å²) in [5, 5.41) is 0.161. The van der Waals surface area contributed by atoms with Gasteiger partial charge in [-0.1, -0.05) is 13.3 Å². The molecule has 0 aliphatic rings. The second kappa shape index (κ2) is 6.59. The fourth-order valence-electron chi connectivity index (χ4n) is 1.48. The number of anilines is 1. The van der Waals surface area contributed by atoms with E-state index < -0.39 is 0 Å². The predicted molar refractivity (Wildman–Crippen MR) is 68.8 cm³/mol. The highest BCUT2D eigenvalue weighted by molar-refractivity contribution is 6.28. The largest absolute Gasteiger partial charge is 0.464 e. The van der Waals surface area contributed by atoms with Crippen LogP contribution in [0.15, 0.2) is 0 Å². The van der Waals surface area contributed by atoms with Gasteiger partial charge in [0.15, 0.2) is 0 Å². The molecule has 0 aliphatic heterocycles. The maximum absolute atomic E-state index is 5.84. The molecule has 0 saturated carbocycles. The number of halogens is 1. The molecule has 1 aromatic heterocycles. The fraction of sp³-hybridized carbons (Fsp3) is 0.727. The van der Waals surface area contributed by atoms with Crippen LogP contribution in [0.5, 0.6) is 6.01 Å². The van der Waals surface area contributed by atoms with E-state index in [9.17, 15) is 0 Å². The summed E-state index contributed by atoms with van der Waals surface area (Å²) in [6.07, 6.45) is 2.19. The smallest absolute Gasteiger partial charge is 0.322 e. The minimum absolute atomic E-state index is 0.161. The Hall–Kier alpha value is -1.10. The molecule has 0 N–H and O–H groups in total. The van der Waals surface area contributed by atoms with Gasteiger partial charge in [0.05, 0.1) is 6.61 Å². The number of hydrogen-bond donors (Lipinski definition) is 0. The van der Waals surface area contributed by atoms with E-state index in [2.05, 4.69) is 28.8 Å². The minimum Gasteiger partial charge on any atom is -0.464 e. The lowest BCUT2D eigenvalue weighted by molar-refractivity contribution is 0.311. The van der Waals surface area contributed by atoms with Crippen molar-refractivity contribution in [3.8, 4) is 6.01 Å². The van der Waals surface area contributed by atoms with Crippen LogP contribution >= 0.6 is 11.6 Å². The van der Waals surface area contributed by atoms with Gasteiger partial charge in [-0.25, -0.2) is 0 Å². The first kappa shape index (κ1) is 14.0. The summed E-state index contributed by atoms with van der Waals surface area (Å²) in [5.74, 6) is 0.550. The Balaban J connectivity index is 2.88. The van der Waals surface area contributed by atoms with Crippen LogP contribution in [0.3, 0.4) is 0 Å². The number of aromatic nitrogens is 3. The Morgan fingerprint density at radius 2 is 2.00 bits per heavy atom. The molecule has 0 bridgehead atoms. The molecule has 1 rings (SSSR count). The van der Waals surface area contributed by atoms with Gasteiger partial charge >= 0.3 is 6.01 Å². The van der Waals surface area contributed by atoms with E-state index in [1.807, 2.05) is 18.9 Å². The molecule has 0 amide bonds. The SMILES string of the molecule is CCCC(C)N(C)c1nc(Cl)nc(OCC)n1. The lowest BCUT2D eigenvalue weighted by Crippen LogP contribution is -2.30. The van der Waals surface area contributed by atoms with Gasteiger partial charge in [0.1, 0.15) is 0 Å². The molecule has 1 atom stereocenters. The summed E-state index contributed by atoms with van der Waals surface area (Å²) < 4.78 is 5.24. The van der Waals surface area contributed by atoms with Gasteiger partial charge in [-0.15, -0.1) is 0 Å². The monoisotopic (exact) mass is 258 g/mol. The van der Waals surface area contributed by atoms with Crippen molar-refractivity contribution in [3.05, 3.63) is 5.28 Å². The maximum atomic E-state index is 5.84. The van der Waals surface area contributed by atoms with Gasteiger partial charge in [0, 0.05) is 13.1 Å². The number of ether oxygens (including phenoxy) is 1. The Bertz CT molecular complexity index is 361. The Labute approximate surface area is 107 Å². The molecule has 17 heavy (non-hydrogen) atoms. The van der Waals surface area contributed by atoms with E-state index in [4.69, 9.17) is 16.3 Å². The fourth-order valence-corrected chi connectivity index (χ4v) is 1.63. The van der Waals surface area contributed by atoms with Crippen molar-refractivity contribution >= 4 is 17.5 Å². The molecule has 0 aromatic carbocycles. The summed E-state index contributed by atoms with van der Waals surface area (Å²) in [7, 11) is 1.95. The van der Waals surface area contributed by atoms with E-state index in [-0.39, 0.29) is 11.3 Å². The first-order chi connectivity index (χ1) is 8.08. The highest BCUT2D eigenvalue weighted by atomic mass is 35.5. The van der Waals surface area contributed by atoms with Crippen molar-refractivity contribution in [2.45, 2.75) is 39.7 Å². The van der Waals surface area contributed by atoms with Crippen molar-refractivity contribution in [2.24, 2.45) is 0 Å². The standard InChI is InChI=1S/C11H19ClN4O/c1-5-7-8(3)16(4)10-13-9(12)14-11(15-10)17-6-2/h8H,5-7H2,1-4H3. The quantitative estimate of drug-likeness (QED) is 0.785. The van der Waals surface area contributed by atoms with Gasteiger partial charge in [-0.3, -0.25) is 0 Å². The molecular weight excluding hydrogens is 240 g/mol. The molecule has 0 spiro atoms. The van der Waals surface area contributed by atoms with Gasteiger partial charge < -0.3 is 9.64 Å². The number of nitrogens with zero attached hydrogens (tertiary/aromatic N) is 4. The van der Waals surface area contributed by atoms with Gasteiger partial charge in [-0.05, 0) is 31.9 Å². The van der Waals surface area contributed by atoms with Crippen LogP contribution in [0.1, 0.15) is 33.6 Å². The summed E-state index contributed by atoms with van der Waals surface area (Å²) in [6, 6.07) is 0.631. The highest BCUT2D eigenvalue weighted by Crippen LogP contribution is 2.17. The van der Waals surface area contributed by atoms with Crippen molar-refractivity contribution in [1.82, 2.24) is 15.0 Å². The number of rotatable bonds is 6. The van der Waals surface area contributed by atoms with Crippen LogP contribution in [0.4, 0.5) is 5.95 Å². The van der Waals surface area contributed by atoms with E-state index in [0.29, 0.717) is 18.6 Å². The van der Waals surface area contributed by atoms with E-state index >= 15 is 0 Å². The molecule has 1 heterocycles. The van der Waals surface area contributed by atoms with Crippen LogP contribution in [-0.4, -0.2) is 34.6 Å². The van der Waals surface area contributed by atoms with Gasteiger partial charge in [0.2, 0.25) is 11.2 Å². The van der Waals surface area contributed by atoms with Crippen LogP contribution in [0.2, 0.25) is 5.28 Å².